The van der Waals surface area contributed by atoms with Crippen molar-refractivity contribution in [3.8, 4) is 17.2 Å². The van der Waals surface area contributed by atoms with Gasteiger partial charge in [-0.25, -0.2) is 9.78 Å². The van der Waals surface area contributed by atoms with Gasteiger partial charge in [-0.15, -0.1) is 0 Å². The third-order valence-electron chi connectivity index (χ3n) is 5.70. The number of aryl methyl sites for hydroxylation is 2. The van der Waals surface area contributed by atoms with Crippen molar-refractivity contribution in [2.45, 2.75) is 38.8 Å². The van der Waals surface area contributed by atoms with Crippen molar-refractivity contribution in [1.82, 2.24) is 24.0 Å². The van der Waals surface area contributed by atoms with Crippen LogP contribution in [0.4, 0.5) is 0 Å². The minimum atomic E-state index is -0.390. The second kappa shape index (κ2) is 10.9. The number of amides is 1. The van der Waals surface area contributed by atoms with Crippen LogP contribution in [0.5, 0.6) is 17.2 Å². The van der Waals surface area contributed by atoms with Crippen LogP contribution in [0.1, 0.15) is 31.2 Å². The smallest absolute Gasteiger partial charge is 0.332 e. The van der Waals surface area contributed by atoms with Crippen molar-refractivity contribution in [3.63, 3.8) is 0 Å². The van der Waals surface area contributed by atoms with Crippen LogP contribution in [-0.2, 0) is 32.0 Å². The quantitative estimate of drug-likeness (QED) is 0.418. The molecular weight excluding hydrogens is 442 g/mol. The standard InChI is InChI=1S/C23H31N5O6/c1-26-14-25-21-19(26)22(30)28(23(31)27(21)2)10-8-6-7-9-18(29)24-13-15-11-16(32-3)20(34-5)17(12-15)33-4/h11-12,14H,6-10,13H2,1-5H3,(H,24,29). The SMILES string of the molecule is COc1cc(CNC(=O)CCCCCn2c(=O)c3c(ncn3C)n(C)c2=O)cc(OC)c1OC. The average molecular weight is 474 g/mol. The first kappa shape index (κ1) is 24.9. The maximum Gasteiger partial charge on any atom is 0.332 e. The monoisotopic (exact) mass is 473 g/mol. The zero-order valence-corrected chi connectivity index (χ0v) is 20.2. The van der Waals surface area contributed by atoms with Crippen molar-refractivity contribution >= 4 is 17.1 Å². The van der Waals surface area contributed by atoms with Crippen molar-refractivity contribution in [3.05, 3.63) is 44.9 Å². The predicted molar refractivity (Wildman–Crippen MR) is 127 cm³/mol. The highest BCUT2D eigenvalue weighted by Gasteiger charge is 2.15. The maximum absolute atomic E-state index is 12.7. The zero-order chi connectivity index (χ0) is 24.8. The lowest BCUT2D eigenvalue weighted by atomic mass is 10.1. The van der Waals surface area contributed by atoms with E-state index >= 15 is 0 Å². The highest BCUT2D eigenvalue weighted by molar-refractivity contribution is 5.75. The lowest BCUT2D eigenvalue weighted by Gasteiger charge is -2.14. The van der Waals surface area contributed by atoms with Crippen molar-refractivity contribution in [2.75, 3.05) is 21.3 Å². The van der Waals surface area contributed by atoms with Crippen LogP contribution in [0.25, 0.3) is 11.2 Å². The lowest BCUT2D eigenvalue weighted by Crippen LogP contribution is -2.39. The Balaban J connectivity index is 1.50. The average Bonchev–Trinajstić information content (AvgIpc) is 3.23. The molecule has 0 saturated carbocycles. The fourth-order valence-corrected chi connectivity index (χ4v) is 3.85. The number of benzene rings is 1. The Kier molecular flexibility index (Phi) is 7.98. The molecule has 0 aliphatic heterocycles. The number of nitrogens with one attached hydrogen (secondary N) is 1. The van der Waals surface area contributed by atoms with E-state index in [2.05, 4.69) is 10.3 Å². The van der Waals surface area contributed by atoms with E-state index in [0.717, 1.165) is 5.56 Å². The first-order chi connectivity index (χ1) is 16.3. The predicted octanol–water partition coefficient (Wildman–Crippen LogP) is 1.34. The van der Waals surface area contributed by atoms with Crippen LogP contribution in [0, 0.1) is 0 Å². The third kappa shape index (κ3) is 5.08. The third-order valence-corrected chi connectivity index (χ3v) is 5.70. The molecule has 3 rings (SSSR count). The molecule has 0 atom stereocenters. The Labute approximate surface area is 196 Å². The summed E-state index contributed by atoms with van der Waals surface area (Å²) in [6, 6.07) is 3.58. The minimum Gasteiger partial charge on any atom is -0.493 e. The van der Waals surface area contributed by atoms with Crippen LogP contribution in [0.15, 0.2) is 28.0 Å². The molecule has 1 N–H and O–H groups in total. The van der Waals surface area contributed by atoms with E-state index in [-0.39, 0.29) is 17.2 Å². The topological polar surface area (TPSA) is 119 Å². The second-order valence-corrected chi connectivity index (χ2v) is 7.95. The van der Waals surface area contributed by atoms with Crippen molar-refractivity contribution in [1.29, 1.82) is 0 Å². The maximum atomic E-state index is 12.7. The molecule has 1 aromatic carbocycles. The van der Waals surface area contributed by atoms with Gasteiger partial charge in [0.2, 0.25) is 11.7 Å². The fourth-order valence-electron chi connectivity index (χ4n) is 3.85. The van der Waals surface area contributed by atoms with Gasteiger partial charge in [0.1, 0.15) is 0 Å². The van der Waals surface area contributed by atoms with Gasteiger partial charge in [-0.3, -0.25) is 18.7 Å². The van der Waals surface area contributed by atoms with E-state index in [0.29, 0.717) is 67.2 Å². The van der Waals surface area contributed by atoms with Gasteiger partial charge in [0.05, 0.1) is 27.7 Å². The van der Waals surface area contributed by atoms with Crippen LogP contribution in [-0.4, -0.2) is 45.9 Å². The molecule has 2 aromatic heterocycles. The molecule has 0 spiro atoms. The molecule has 0 saturated heterocycles. The molecule has 1 amide bonds. The van der Waals surface area contributed by atoms with Gasteiger partial charge in [-0.1, -0.05) is 6.42 Å². The van der Waals surface area contributed by atoms with E-state index in [4.69, 9.17) is 14.2 Å². The van der Waals surface area contributed by atoms with Gasteiger partial charge >= 0.3 is 5.69 Å². The highest BCUT2D eigenvalue weighted by Crippen LogP contribution is 2.38. The van der Waals surface area contributed by atoms with Crippen LogP contribution in [0.3, 0.4) is 0 Å². The summed E-state index contributed by atoms with van der Waals surface area (Å²) in [4.78, 5) is 41.6. The number of methoxy groups -OCH3 is 3. The largest absolute Gasteiger partial charge is 0.493 e. The second-order valence-electron chi connectivity index (χ2n) is 7.95. The Morgan fingerprint density at radius 3 is 2.29 bits per heavy atom. The van der Waals surface area contributed by atoms with Crippen LogP contribution < -0.4 is 30.8 Å². The molecule has 0 unspecified atom stereocenters. The molecule has 0 aliphatic rings. The van der Waals surface area contributed by atoms with Crippen molar-refractivity contribution in [2.24, 2.45) is 14.1 Å². The van der Waals surface area contributed by atoms with E-state index < -0.39 is 0 Å². The molecule has 184 valence electrons. The normalized spacial score (nSPS) is 11.0. The molecule has 34 heavy (non-hydrogen) atoms. The number of rotatable bonds is 11. The highest BCUT2D eigenvalue weighted by atomic mass is 16.5. The molecule has 0 fully saturated rings. The summed E-state index contributed by atoms with van der Waals surface area (Å²) in [7, 11) is 7.94. The van der Waals surface area contributed by atoms with Gasteiger partial charge in [0.15, 0.2) is 22.7 Å². The van der Waals surface area contributed by atoms with Gasteiger partial charge in [0, 0.05) is 33.6 Å². The van der Waals surface area contributed by atoms with E-state index in [1.807, 2.05) is 0 Å². The molecule has 11 nitrogen and oxygen atoms in total. The van der Waals surface area contributed by atoms with E-state index in [1.54, 1.807) is 45.0 Å². The number of fused-ring (bicyclic) bond motifs is 1. The summed E-state index contributed by atoms with van der Waals surface area (Å²) in [5.41, 5.74) is 0.856. The number of ether oxygens (including phenoxy) is 3. The summed E-state index contributed by atoms with van der Waals surface area (Å²) in [5.74, 6) is 1.46. The van der Waals surface area contributed by atoms with Crippen molar-refractivity contribution < 1.29 is 19.0 Å². The van der Waals surface area contributed by atoms with Crippen LogP contribution >= 0.6 is 0 Å². The summed E-state index contributed by atoms with van der Waals surface area (Å²) in [6.45, 7) is 0.616. The minimum absolute atomic E-state index is 0.0851. The van der Waals surface area contributed by atoms with E-state index in [9.17, 15) is 14.4 Å². The first-order valence-corrected chi connectivity index (χ1v) is 11.0. The number of hydrogen-bond donors (Lipinski definition) is 1. The molecule has 11 heteroatoms. The molecule has 0 radical (unpaired) electrons. The molecule has 2 heterocycles. The summed E-state index contributed by atoms with van der Waals surface area (Å²) in [6.07, 6.45) is 3.82. The fraction of sp³-hybridized carbons (Fsp3) is 0.478. The van der Waals surface area contributed by atoms with Gasteiger partial charge in [0.25, 0.3) is 5.56 Å². The van der Waals surface area contributed by atoms with Crippen LogP contribution in [0.2, 0.25) is 0 Å². The molecule has 0 aliphatic carbocycles. The summed E-state index contributed by atoms with van der Waals surface area (Å²) in [5, 5.41) is 2.89. The number of hydrogen-bond acceptors (Lipinski definition) is 7. The Morgan fingerprint density at radius 1 is 1.00 bits per heavy atom. The summed E-state index contributed by atoms with van der Waals surface area (Å²) < 4.78 is 20.2. The molecular formula is C23H31N5O6. The number of aromatic nitrogens is 4. The Bertz CT molecular complexity index is 1260. The van der Waals surface area contributed by atoms with Gasteiger partial charge in [-0.05, 0) is 30.5 Å². The number of imidazole rings is 1. The Hall–Kier alpha value is -3.76. The van der Waals surface area contributed by atoms with Gasteiger partial charge in [-0.2, -0.15) is 0 Å². The first-order valence-electron chi connectivity index (χ1n) is 11.0. The number of carbonyl (C=O) groups is 1. The lowest BCUT2D eigenvalue weighted by molar-refractivity contribution is -0.121. The summed E-state index contributed by atoms with van der Waals surface area (Å²) >= 11 is 0. The number of carbonyl (C=O) groups excluding carboxylic acids is 1. The number of unbranched alkanes of at least 4 members (excludes halogenated alkanes) is 2. The van der Waals surface area contributed by atoms with E-state index in [1.165, 1.54) is 22.6 Å². The molecule has 0 bridgehead atoms. The van der Waals surface area contributed by atoms with Gasteiger partial charge < -0.3 is 24.1 Å². The Morgan fingerprint density at radius 2 is 1.68 bits per heavy atom. The number of nitrogens with zero attached hydrogens (tertiary/aromatic N) is 4. The molecule has 3 aromatic rings. The zero-order valence-electron chi connectivity index (χ0n) is 20.2.